The molecular weight excluding hydrogens is 282 g/mol. The molecule has 1 heterocycles. The lowest BCUT2D eigenvalue weighted by Gasteiger charge is -2.32. The van der Waals surface area contributed by atoms with E-state index in [-0.39, 0.29) is 18.1 Å². The first-order chi connectivity index (χ1) is 10.3. The Morgan fingerprint density at radius 3 is 2.73 bits per heavy atom. The standard InChI is InChI=1S/C17H21NO4/c1-5-21-15(19)10-18-16(20)12-6-7-14-13(9-12)8-11(2)17(3,4)22-14/h6-9H,5,10H2,1-4H3,(H,18,20). The molecule has 1 aliphatic heterocycles. The minimum atomic E-state index is -0.449. The van der Waals surface area contributed by atoms with Gasteiger partial charge in [-0.15, -0.1) is 0 Å². The van der Waals surface area contributed by atoms with Crippen molar-refractivity contribution < 1.29 is 19.1 Å². The van der Waals surface area contributed by atoms with Crippen molar-refractivity contribution >= 4 is 18.0 Å². The number of ether oxygens (including phenoxy) is 2. The van der Waals surface area contributed by atoms with Crippen LogP contribution in [0.2, 0.25) is 0 Å². The number of rotatable bonds is 4. The number of fused-ring (bicyclic) bond motifs is 1. The molecule has 0 fully saturated rings. The van der Waals surface area contributed by atoms with Crippen LogP contribution in [0.1, 0.15) is 43.6 Å². The van der Waals surface area contributed by atoms with E-state index in [0.717, 1.165) is 16.9 Å². The van der Waals surface area contributed by atoms with E-state index in [0.29, 0.717) is 12.2 Å². The van der Waals surface area contributed by atoms with Crippen molar-refractivity contribution in [2.45, 2.75) is 33.3 Å². The van der Waals surface area contributed by atoms with Crippen LogP contribution in [0.3, 0.4) is 0 Å². The van der Waals surface area contributed by atoms with Gasteiger partial charge >= 0.3 is 5.97 Å². The fourth-order valence-electron chi connectivity index (χ4n) is 2.12. The highest BCUT2D eigenvalue weighted by Gasteiger charge is 2.27. The fraction of sp³-hybridized carbons (Fsp3) is 0.412. The zero-order valence-corrected chi connectivity index (χ0v) is 13.4. The van der Waals surface area contributed by atoms with E-state index in [9.17, 15) is 9.59 Å². The average Bonchev–Trinajstić information content (AvgIpc) is 2.45. The number of amides is 1. The molecule has 0 radical (unpaired) electrons. The van der Waals surface area contributed by atoms with Gasteiger partial charge in [0.25, 0.3) is 5.91 Å². The molecule has 5 heteroatoms. The maximum absolute atomic E-state index is 12.1. The van der Waals surface area contributed by atoms with Crippen LogP contribution >= 0.6 is 0 Å². The van der Waals surface area contributed by atoms with Gasteiger partial charge < -0.3 is 14.8 Å². The molecule has 0 spiro atoms. The molecule has 2 rings (SSSR count). The van der Waals surface area contributed by atoms with Crippen molar-refractivity contribution in [3.05, 3.63) is 34.9 Å². The third-order valence-electron chi connectivity index (χ3n) is 3.66. The van der Waals surface area contributed by atoms with E-state index in [1.54, 1.807) is 25.1 Å². The molecule has 0 unspecified atom stereocenters. The van der Waals surface area contributed by atoms with Gasteiger partial charge in [0.2, 0.25) is 0 Å². The van der Waals surface area contributed by atoms with Crippen molar-refractivity contribution in [2.24, 2.45) is 0 Å². The summed E-state index contributed by atoms with van der Waals surface area (Å²) < 4.78 is 10.7. The topological polar surface area (TPSA) is 64.6 Å². The van der Waals surface area contributed by atoms with Gasteiger partial charge in [0.15, 0.2) is 0 Å². The van der Waals surface area contributed by atoms with E-state index in [4.69, 9.17) is 9.47 Å². The minimum Gasteiger partial charge on any atom is -0.483 e. The van der Waals surface area contributed by atoms with Gasteiger partial charge in [-0.05, 0) is 57.5 Å². The summed E-state index contributed by atoms with van der Waals surface area (Å²) in [6, 6.07) is 5.22. The summed E-state index contributed by atoms with van der Waals surface area (Å²) in [4.78, 5) is 23.3. The summed E-state index contributed by atoms with van der Waals surface area (Å²) in [6.45, 7) is 7.88. The van der Waals surface area contributed by atoms with Gasteiger partial charge in [0.1, 0.15) is 17.9 Å². The van der Waals surface area contributed by atoms with Gasteiger partial charge in [0.05, 0.1) is 6.61 Å². The van der Waals surface area contributed by atoms with Crippen molar-refractivity contribution in [3.8, 4) is 5.75 Å². The quantitative estimate of drug-likeness (QED) is 0.868. The second-order valence-corrected chi connectivity index (χ2v) is 5.68. The smallest absolute Gasteiger partial charge is 0.325 e. The van der Waals surface area contributed by atoms with Crippen molar-refractivity contribution in [1.82, 2.24) is 5.32 Å². The summed E-state index contributed by atoms with van der Waals surface area (Å²) >= 11 is 0. The van der Waals surface area contributed by atoms with E-state index in [2.05, 4.69) is 5.32 Å². The highest BCUT2D eigenvalue weighted by atomic mass is 16.5. The Bertz CT molecular complexity index is 632. The van der Waals surface area contributed by atoms with Crippen molar-refractivity contribution in [1.29, 1.82) is 0 Å². The van der Waals surface area contributed by atoms with Crippen LogP contribution in [0.4, 0.5) is 0 Å². The Kier molecular flexibility index (Phi) is 4.54. The predicted octanol–water partition coefficient (Wildman–Crippen LogP) is 2.55. The van der Waals surface area contributed by atoms with Gasteiger partial charge in [-0.2, -0.15) is 0 Å². The molecule has 1 amide bonds. The van der Waals surface area contributed by atoms with E-state index >= 15 is 0 Å². The molecule has 1 aromatic rings. The first kappa shape index (κ1) is 16.1. The lowest BCUT2D eigenvalue weighted by Crippen LogP contribution is -2.32. The highest BCUT2D eigenvalue weighted by Crippen LogP contribution is 2.35. The Morgan fingerprint density at radius 2 is 2.05 bits per heavy atom. The molecule has 1 N–H and O–H groups in total. The molecule has 0 atom stereocenters. The molecule has 118 valence electrons. The number of carbonyl (C=O) groups excluding carboxylic acids is 2. The zero-order valence-electron chi connectivity index (χ0n) is 13.4. The minimum absolute atomic E-state index is 0.137. The first-order valence-electron chi connectivity index (χ1n) is 7.29. The molecule has 22 heavy (non-hydrogen) atoms. The van der Waals surface area contributed by atoms with Crippen LogP contribution in [-0.4, -0.2) is 30.6 Å². The van der Waals surface area contributed by atoms with Gasteiger partial charge in [0, 0.05) is 11.1 Å². The molecule has 5 nitrogen and oxygen atoms in total. The average molecular weight is 303 g/mol. The Morgan fingerprint density at radius 1 is 1.32 bits per heavy atom. The number of benzene rings is 1. The summed E-state index contributed by atoms with van der Waals surface area (Å²) in [5, 5.41) is 2.54. The second kappa shape index (κ2) is 6.22. The second-order valence-electron chi connectivity index (χ2n) is 5.68. The largest absolute Gasteiger partial charge is 0.483 e. The molecule has 0 bridgehead atoms. The third-order valence-corrected chi connectivity index (χ3v) is 3.66. The number of carbonyl (C=O) groups is 2. The number of hydrogen-bond donors (Lipinski definition) is 1. The maximum Gasteiger partial charge on any atom is 0.325 e. The third kappa shape index (κ3) is 3.47. The monoisotopic (exact) mass is 303 g/mol. The summed E-state index contributed by atoms with van der Waals surface area (Å²) in [5.74, 6) is -0.0149. The molecule has 0 aliphatic carbocycles. The Balaban J connectivity index is 2.12. The van der Waals surface area contributed by atoms with Gasteiger partial charge in [-0.25, -0.2) is 0 Å². The van der Waals surface area contributed by atoms with E-state index in [1.807, 2.05) is 26.8 Å². The van der Waals surface area contributed by atoms with E-state index < -0.39 is 5.97 Å². The maximum atomic E-state index is 12.1. The Hall–Kier alpha value is -2.30. The van der Waals surface area contributed by atoms with Crippen LogP contribution in [0.15, 0.2) is 23.8 Å². The van der Waals surface area contributed by atoms with Crippen LogP contribution in [0.5, 0.6) is 5.75 Å². The Labute approximate surface area is 130 Å². The van der Waals surface area contributed by atoms with E-state index in [1.165, 1.54) is 0 Å². The first-order valence-corrected chi connectivity index (χ1v) is 7.29. The fourth-order valence-corrected chi connectivity index (χ4v) is 2.12. The summed E-state index contributed by atoms with van der Waals surface area (Å²) in [6.07, 6.45) is 2.01. The lowest BCUT2D eigenvalue weighted by molar-refractivity contribution is -0.141. The molecule has 1 aromatic carbocycles. The van der Waals surface area contributed by atoms with Crippen LogP contribution < -0.4 is 10.1 Å². The predicted molar refractivity (Wildman–Crippen MR) is 83.8 cm³/mol. The van der Waals surface area contributed by atoms with Gasteiger partial charge in [-0.1, -0.05) is 0 Å². The number of hydrogen-bond acceptors (Lipinski definition) is 4. The lowest BCUT2D eigenvalue weighted by atomic mass is 9.93. The summed E-state index contributed by atoms with van der Waals surface area (Å²) in [5.41, 5.74) is 2.08. The molecule has 0 saturated carbocycles. The highest BCUT2D eigenvalue weighted by molar-refractivity contribution is 5.96. The molecular formula is C17H21NO4. The molecule has 0 saturated heterocycles. The molecule has 1 aliphatic rings. The van der Waals surface area contributed by atoms with Crippen LogP contribution in [0.25, 0.3) is 6.08 Å². The molecule has 0 aromatic heterocycles. The van der Waals surface area contributed by atoms with Crippen molar-refractivity contribution in [2.75, 3.05) is 13.2 Å². The normalized spacial score (nSPS) is 15.2. The van der Waals surface area contributed by atoms with Crippen molar-refractivity contribution in [3.63, 3.8) is 0 Å². The van der Waals surface area contributed by atoms with Crippen LogP contribution in [-0.2, 0) is 9.53 Å². The summed E-state index contributed by atoms with van der Waals surface area (Å²) in [7, 11) is 0. The SMILES string of the molecule is CCOC(=O)CNC(=O)c1ccc2c(c1)C=C(C)C(C)(C)O2. The zero-order chi connectivity index (χ0) is 16.3. The van der Waals surface area contributed by atoms with Gasteiger partial charge in [-0.3, -0.25) is 9.59 Å². The van der Waals surface area contributed by atoms with Crippen LogP contribution in [0, 0.1) is 0 Å². The number of esters is 1. The number of nitrogens with one attached hydrogen (secondary N) is 1.